The first-order valence-corrected chi connectivity index (χ1v) is 6.67. The van der Waals surface area contributed by atoms with Crippen molar-refractivity contribution in [3.8, 4) is 11.8 Å². The molecule has 0 radical (unpaired) electrons. The summed E-state index contributed by atoms with van der Waals surface area (Å²) < 4.78 is 5.57. The molecule has 1 aliphatic rings. The summed E-state index contributed by atoms with van der Waals surface area (Å²) in [7, 11) is 0. The van der Waals surface area contributed by atoms with Crippen molar-refractivity contribution in [3.05, 3.63) is 29.8 Å². The van der Waals surface area contributed by atoms with Gasteiger partial charge in [0, 0.05) is 6.04 Å². The van der Waals surface area contributed by atoms with Crippen LogP contribution in [0, 0.1) is 11.3 Å². The van der Waals surface area contributed by atoms with Crippen LogP contribution in [0.1, 0.15) is 38.2 Å². The molecule has 1 atom stereocenters. The van der Waals surface area contributed by atoms with E-state index in [-0.39, 0.29) is 11.9 Å². The van der Waals surface area contributed by atoms with Gasteiger partial charge in [-0.1, -0.05) is 25.0 Å². The second kappa shape index (κ2) is 6.24. The van der Waals surface area contributed by atoms with Gasteiger partial charge in [0.1, 0.15) is 11.8 Å². The Bertz CT molecular complexity index is 487. The molecule has 0 aliphatic heterocycles. The first-order valence-electron chi connectivity index (χ1n) is 6.67. The molecular weight excluding hydrogens is 240 g/mol. The van der Waals surface area contributed by atoms with E-state index >= 15 is 0 Å². The van der Waals surface area contributed by atoms with E-state index < -0.39 is 6.10 Å². The van der Waals surface area contributed by atoms with Gasteiger partial charge in [-0.2, -0.15) is 5.26 Å². The number of carbonyl (C=O) groups excluding carboxylic acids is 1. The average Bonchev–Trinajstić information content (AvgIpc) is 2.92. The van der Waals surface area contributed by atoms with Crippen LogP contribution in [0.15, 0.2) is 24.3 Å². The molecule has 1 fully saturated rings. The van der Waals surface area contributed by atoms with Gasteiger partial charge in [-0.05, 0) is 31.9 Å². The number of para-hydroxylation sites is 1. The van der Waals surface area contributed by atoms with Gasteiger partial charge in [-0.15, -0.1) is 0 Å². The van der Waals surface area contributed by atoms with E-state index in [1.807, 2.05) is 0 Å². The normalized spacial score (nSPS) is 16.6. The maximum absolute atomic E-state index is 12.0. The molecule has 0 spiro atoms. The Balaban J connectivity index is 1.94. The molecule has 4 nitrogen and oxygen atoms in total. The van der Waals surface area contributed by atoms with Crippen molar-refractivity contribution in [2.75, 3.05) is 0 Å². The molecular formula is C15H18N2O2. The molecule has 19 heavy (non-hydrogen) atoms. The van der Waals surface area contributed by atoms with Gasteiger partial charge in [-0.3, -0.25) is 4.79 Å². The van der Waals surface area contributed by atoms with Crippen LogP contribution in [0.5, 0.6) is 5.75 Å². The maximum atomic E-state index is 12.0. The summed E-state index contributed by atoms with van der Waals surface area (Å²) in [4.78, 5) is 12.0. The lowest BCUT2D eigenvalue weighted by Gasteiger charge is -2.18. The Morgan fingerprint density at radius 2 is 2.11 bits per heavy atom. The van der Waals surface area contributed by atoms with Gasteiger partial charge in [-0.25, -0.2) is 0 Å². The number of carbonyl (C=O) groups is 1. The molecule has 1 amide bonds. The van der Waals surface area contributed by atoms with E-state index in [4.69, 9.17) is 10.00 Å². The molecule has 100 valence electrons. The van der Waals surface area contributed by atoms with Gasteiger partial charge < -0.3 is 10.1 Å². The quantitative estimate of drug-likeness (QED) is 0.902. The molecule has 1 N–H and O–H groups in total. The van der Waals surface area contributed by atoms with Crippen molar-refractivity contribution in [2.45, 2.75) is 44.8 Å². The number of hydrogen-bond acceptors (Lipinski definition) is 3. The molecule has 0 aromatic heterocycles. The van der Waals surface area contributed by atoms with E-state index in [2.05, 4.69) is 11.4 Å². The lowest BCUT2D eigenvalue weighted by molar-refractivity contribution is -0.127. The van der Waals surface area contributed by atoms with E-state index in [1.54, 1.807) is 31.2 Å². The molecule has 0 unspecified atom stereocenters. The summed E-state index contributed by atoms with van der Waals surface area (Å²) in [6, 6.07) is 9.28. The van der Waals surface area contributed by atoms with Crippen molar-refractivity contribution < 1.29 is 9.53 Å². The third kappa shape index (κ3) is 3.47. The standard InChI is InChI=1S/C15H18N2O2/c1-11(15(18)17-13-7-3-4-8-13)19-14-9-5-2-6-12(14)10-16/h2,5-6,9,11,13H,3-4,7-8H2,1H3,(H,17,18)/t11-/m1/s1. The fourth-order valence-corrected chi connectivity index (χ4v) is 2.29. The highest BCUT2D eigenvalue weighted by atomic mass is 16.5. The highest BCUT2D eigenvalue weighted by Gasteiger charge is 2.22. The monoisotopic (exact) mass is 258 g/mol. The number of nitrogens with zero attached hydrogens (tertiary/aromatic N) is 1. The Morgan fingerprint density at radius 1 is 1.42 bits per heavy atom. The Kier molecular flexibility index (Phi) is 4.40. The topological polar surface area (TPSA) is 62.1 Å². The smallest absolute Gasteiger partial charge is 0.260 e. The van der Waals surface area contributed by atoms with E-state index in [0.717, 1.165) is 12.8 Å². The van der Waals surface area contributed by atoms with Crippen LogP contribution in [0.4, 0.5) is 0 Å². The van der Waals surface area contributed by atoms with Crippen LogP contribution >= 0.6 is 0 Å². The third-order valence-electron chi connectivity index (χ3n) is 3.38. The first kappa shape index (κ1) is 13.4. The number of rotatable bonds is 4. The van der Waals surface area contributed by atoms with Crippen molar-refractivity contribution in [3.63, 3.8) is 0 Å². The lowest BCUT2D eigenvalue weighted by Crippen LogP contribution is -2.41. The lowest BCUT2D eigenvalue weighted by atomic mass is 10.2. The number of hydrogen-bond donors (Lipinski definition) is 1. The van der Waals surface area contributed by atoms with E-state index in [1.165, 1.54) is 12.8 Å². The minimum Gasteiger partial charge on any atom is -0.480 e. The highest BCUT2D eigenvalue weighted by Crippen LogP contribution is 2.20. The predicted molar refractivity (Wildman–Crippen MR) is 71.6 cm³/mol. The molecule has 1 aliphatic carbocycles. The van der Waals surface area contributed by atoms with Gasteiger partial charge in [0.05, 0.1) is 5.56 Å². The Labute approximate surface area is 113 Å². The largest absolute Gasteiger partial charge is 0.480 e. The van der Waals surface area contributed by atoms with Crippen molar-refractivity contribution in [1.82, 2.24) is 5.32 Å². The fraction of sp³-hybridized carbons (Fsp3) is 0.467. The van der Waals surface area contributed by atoms with Gasteiger partial charge in [0.2, 0.25) is 0 Å². The van der Waals surface area contributed by atoms with Gasteiger partial charge in [0.25, 0.3) is 5.91 Å². The summed E-state index contributed by atoms with van der Waals surface area (Å²) in [6.07, 6.45) is 3.87. The Morgan fingerprint density at radius 3 is 2.79 bits per heavy atom. The van der Waals surface area contributed by atoms with E-state index in [0.29, 0.717) is 11.3 Å². The van der Waals surface area contributed by atoms with Crippen molar-refractivity contribution >= 4 is 5.91 Å². The molecule has 0 saturated heterocycles. The van der Waals surface area contributed by atoms with Crippen LogP contribution in [0.25, 0.3) is 0 Å². The molecule has 0 bridgehead atoms. The molecule has 1 saturated carbocycles. The average molecular weight is 258 g/mol. The number of nitriles is 1. The van der Waals surface area contributed by atoms with Crippen LogP contribution in [0.2, 0.25) is 0 Å². The van der Waals surface area contributed by atoms with Crippen LogP contribution in [-0.2, 0) is 4.79 Å². The molecule has 1 aromatic rings. The van der Waals surface area contributed by atoms with Crippen LogP contribution in [0.3, 0.4) is 0 Å². The first-order chi connectivity index (χ1) is 9.20. The number of ether oxygens (including phenoxy) is 1. The third-order valence-corrected chi connectivity index (χ3v) is 3.38. The summed E-state index contributed by atoms with van der Waals surface area (Å²) in [5.41, 5.74) is 0.447. The second-order valence-electron chi connectivity index (χ2n) is 4.86. The predicted octanol–water partition coefficient (Wildman–Crippen LogP) is 2.38. The van der Waals surface area contributed by atoms with Crippen molar-refractivity contribution in [2.24, 2.45) is 0 Å². The fourth-order valence-electron chi connectivity index (χ4n) is 2.29. The maximum Gasteiger partial charge on any atom is 0.260 e. The number of benzene rings is 1. The minimum absolute atomic E-state index is 0.111. The number of amides is 1. The summed E-state index contributed by atoms with van der Waals surface area (Å²) >= 11 is 0. The molecule has 0 heterocycles. The zero-order valence-electron chi connectivity index (χ0n) is 11.1. The SMILES string of the molecule is C[C@@H](Oc1ccccc1C#N)C(=O)NC1CCCC1. The highest BCUT2D eigenvalue weighted by molar-refractivity contribution is 5.81. The zero-order chi connectivity index (χ0) is 13.7. The minimum atomic E-state index is -0.588. The summed E-state index contributed by atoms with van der Waals surface area (Å²) in [5.74, 6) is 0.346. The molecule has 1 aromatic carbocycles. The Hall–Kier alpha value is -2.02. The van der Waals surface area contributed by atoms with Crippen LogP contribution < -0.4 is 10.1 Å². The second-order valence-corrected chi connectivity index (χ2v) is 4.86. The molecule has 2 rings (SSSR count). The summed E-state index contributed by atoms with van der Waals surface area (Å²) in [6.45, 7) is 1.71. The summed E-state index contributed by atoms with van der Waals surface area (Å²) in [5, 5.41) is 12.0. The zero-order valence-corrected chi connectivity index (χ0v) is 11.1. The van der Waals surface area contributed by atoms with Gasteiger partial charge in [0.15, 0.2) is 6.10 Å². The number of nitrogens with one attached hydrogen (secondary N) is 1. The van der Waals surface area contributed by atoms with Crippen LogP contribution in [-0.4, -0.2) is 18.1 Å². The molecule has 4 heteroatoms. The van der Waals surface area contributed by atoms with Gasteiger partial charge >= 0.3 is 0 Å². The van der Waals surface area contributed by atoms with E-state index in [9.17, 15) is 4.79 Å². The van der Waals surface area contributed by atoms with Crippen molar-refractivity contribution in [1.29, 1.82) is 5.26 Å².